The largest absolute Gasteiger partial charge is 0.381 e. The minimum atomic E-state index is -3.48. The predicted molar refractivity (Wildman–Crippen MR) is 97.6 cm³/mol. The van der Waals surface area contributed by atoms with Gasteiger partial charge in [-0.25, -0.2) is 13.1 Å². The van der Waals surface area contributed by atoms with Gasteiger partial charge in [-0.3, -0.25) is 0 Å². The Morgan fingerprint density at radius 3 is 2.33 bits per heavy atom. The molecule has 0 heterocycles. The number of aryl methyl sites for hydroxylation is 1. The lowest BCUT2D eigenvalue weighted by molar-refractivity contribution is 0.378. The maximum Gasteiger partial charge on any atom is 0.240 e. The van der Waals surface area contributed by atoms with Crippen LogP contribution < -0.4 is 10.0 Å². The molecule has 5 heteroatoms. The fourth-order valence-electron chi connectivity index (χ4n) is 3.26. The zero-order chi connectivity index (χ0) is 17.0. The van der Waals surface area contributed by atoms with Crippen molar-refractivity contribution in [1.82, 2.24) is 4.72 Å². The van der Waals surface area contributed by atoms with Crippen molar-refractivity contribution in [3.63, 3.8) is 0 Å². The summed E-state index contributed by atoms with van der Waals surface area (Å²) in [7, 11) is -3.48. The van der Waals surface area contributed by atoms with E-state index in [1.807, 2.05) is 18.2 Å². The van der Waals surface area contributed by atoms with E-state index in [4.69, 9.17) is 0 Å². The smallest absolute Gasteiger partial charge is 0.240 e. The van der Waals surface area contributed by atoms with Crippen molar-refractivity contribution in [3.8, 4) is 0 Å². The van der Waals surface area contributed by atoms with Crippen LogP contribution in [0.4, 0.5) is 5.69 Å². The van der Waals surface area contributed by atoms with Gasteiger partial charge in [-0.15, -0.1) is 0 Å². The van der Waals surface area contributed by atoms with Crippen LogP contribution in [0.3, 0.4) is 0 Å². The highest BCUT2D eigenvalue weighted by Gasteiger charge is 2.29. The topological polar surface area (TPSA) is 58.2 Å². The molecule has 0 bridgehead atoms. The second kappa shape index (κ2) is 7.36. The molecule has 1 fully saturated rings. The molecule has 4 nitrogen and oxygen atoms in total. The highest BCUT2D eigenvalue weighted by molar-refractivity contribution is 7.89. The molecule has 1 aliphatic rings. The fraction of sp³-hybridized carbons (Fsp3) is 0.368. The van der Waals surface area contributed by atoms with Gasteiger partial charge in [0.1, 0.15) is 0 Å². The van der Waals surface area contributed by atoms with Gasteiger partial charge in [0.2, 0.25) is 10.0 Å². The molecule has 0 aliphatic heterocycles. The molecule has 0 saturated heterocycles. The van der Waals surface area contributed by atoms with Crippen LogP contribution in [0.1, 0.15) is 31.2 Å². The van der Waals surface area contributed by atoms with Crippen LogP contribution >= 0.6 is 0 Å². The first-order valence-electron chi connectivity index (χ1n) is 8.45. The Balaban J connectivity index is 1.75. The van der Waals surface area contributed by atoms with E-state index < -0.39 is 10.0 Å². The van der Waals surface area contributed by atoms with Crippen LogP contribution in [-0.4, -0.2) is 20.5 Å². The molecule has 128 valence electrons. The van der Waals surface area contributed by atoms with E-state index in [9.17, 15) is 8.42 Å². The Morgan fingerprint density at radius 2 is 1.62 bits per heavy atom. The summed E-state index contributed by atoms with van der Waals surface area (Å²) >= 11 is 0. The molecule has 2 N–H and O–H groups in total. The van der Waals surface area contributed by atoms with E-state index in [-0.39, 0.29) is 12.1 Å². The molecule has 3 rings (SSSR count). The van der Waals surface area contributed by atoms with E-state index in [0.717, 1.165) is 31.4 Å². The Morgan fingerprint density at radius 1 is 0.917 bits per heavy atom. The lowest BCUT2D eigenvalue weighted by Gasteiger charge is -2.33. The first-order valence-corrected chi connectivity index (χ1v) is 9.93. The van der Waals surface area contributed by atoms with Gasteiger partial charge in [-0.05, 0) is 49.6 Å². The highest BCUT2D eigenvalue weighted by atomic mass is 32.2. The van der Waals surface area contributed by atoms with Crippen LogP contribution in [0.15, 0.2) is 59.5 Å². The molecule has 1 saturated carbocycles. The third-order valence-corrected chi connectivity index (χ3v) is 6.00. The maximum atomic E-state index is 12.6. The standard InChI is InChI=1S/C19H24N2O2S/c1-15-8-7-9-16(14-15)20-18-12-5-6-13-19(18)21-24(22,23)17-10-3-2-4-11-17/h2-4,7-11,14,18-21H,5-6,12-13H2,1H3/t18-,19+/m1/s1. The second-order valence-corrected chi connectivity index (χ2v) is 8.16. The first kappa shape index (κ1) is 17.0. The number of nitrogens with one attached hydrogen (secondary N) is 2. The molecular formula is C19H24N2O2S. The minimum absolute atomic E-state index is 0.0931. The van der Waals surface area contributed by atoms with Crippen molar-refractivity contribution in [2.24, 2.45) is 0 Å². The summed E-state index contributed by atoms with van der Waals surface area (Å²) in [6.07, 6.45) is 3.99. The van der Waals surface area contributed by atoms with Crippen molar-refractivity contribution < 1.29 is 8.42 Å². The van der Waals surface area contributed by atoms with Crippen molar-refractivity contribution in [2.75, 3.05) is 5.32 Å². The highest BCUT2D eigenvalue weighted by Crippen LogP contribution is 2.24. The van der Waals surface area contributed by atoms with E-state index >= 15 is 0 Å². The lowest BCUT2D eigenvalue weighted by atomic mass is 9.91. The molecule has 2 atom stereocenters. The summed E-state index contributed by atoms with van der Waals surface area (Å²) in [5.74, 6) is 0. The van der Waals surface area contributed by atoms with E-state index in [2.05, 4.69) is 29.1 Å². The van der Waals surface area contributed by atoms with Gasteiger partial charge < -0.3 is 5.32 Å². The van der Waals surface area contributed by atoms with Gasteiger partial charge in [0.15, 0.2) is 0 Å². The monoisotopic (exact) mass is 344 g/mol. The molecule has 1 aliphatic carbocycles. The van der Waals surface area contributed by atoms with Crippen molar-refractivity contribution in [3.05, 3.63) is 60.2 Å². The van der Waals surface area contributed by atoms with Crippen molar-refractivity contribution in [1.29, 1.82) is 0 Å². The van der Waals surface area contributed by atoms with Gasteiger partial charge in [0.05, 0.1) is 4.90 Å². The average molecular weight is 344 g/mol. The zero-order valence-electron chi connectivity index (χ0n) is 13.9. The Hall–Kier alpha value is -1.85. The average Bonchev–Trinajstić information content (AvgIpc) is 2.57. The molecule has 24 heavy (non-hydrogen) atoms. The summed E-state index contributed by atoms with van der Waals surface area (Å²) < 4.78 is 28.1. The molecule has 2 aromatic rings. The summed E-state index contributed by atoms with van der Waals surface area (Å²) in [5.41, 5.74) is 2.24. The van der Waals surface area contributed by atoms with E-state index in [0.29, 0.717) is 4.90 Å². The third kappa shape index (κ3) is 4.16. The number of hydrogen-bond acceptors (Lipinski definition) is 3. The van der Waals surface area contributed by atoms with Crippen molar-refractivity contribution >= 4 is 15.7 Å². The Bertz CT molecular complexity index is 775. The summed E-state index contributed by atoms with van der Waals surface area (Å²) in [6.45, 7) is 2.06. The Labute approximate surface area is 144 Å². The van der Waals surface area contributed by atoms with Gasteiger partial charge in [-0.2, -0.15) is 0 Å². The predicted octanol–water partition coefficient (Wildman–Crippen LogP) is 3.70. The number of anilines is 1. The number of rotatable bonds is 5. The maximum absolute atomic E-state index is 12.6. The summed E-state index contributed by atoms with van der Waals surface area (Å²) in [6, 6.07) is 16.8. The van der Waals surface area contributed by atoms with Crippen LogP contribution in [0, 0.1) is 6.92 Å². The number of sulfonamides is 1. The van der Waals surface area contributed by atoms with Crippen LogP contribution in [0.2, 0.25) is 0 Å². The number of hydrogen-bond donors (Lipinski definition) is 2. The summed E-state index contributed by atoms with van der Waals surface area (Å²) in [4.78, 5) is 0.324. The molecular weight excluding hydrogens is 320 g/mol. The molecule has 2 aromatic carbocycles. The first-order chi connectivity index (χ1) is 11.5. The molecule has 0 unspecified atom stereocenters. The molecule has 0 amide bonds. The molecule has 0 spiro atoms. The van der Waals surface area contributed by atoms with Crippen LogP contribution in [0.25, 0.3) is 0 Å². The van der Waals surface area contributed by atoms with E-state index in [1.54, 1.807) is 24.3 Å². The van der Waals surface area contributed by atoms with E-state index in [1.165, 1.54) is 5.56 Å². The van der Waals surface area contributed by atoms with Gasteiger partial charge >= 0.3 is 0 Å². The van der Waals surface area contributed by atoms with Gasteiger partial charge in [0, 0.05) is 17.8 Å². The zero-order valence-corrected chi connectivity index (χ0v) is 14.7. The fourth-order valence-corrected chi connectivity index (χ4v) is 4.59. The molecule has 0 aromatic heterocycles. The lowest BCUT2D eigenvalue weighted by Crippen LogP contribution is -2.48. The van der Waals surface area contributed by atoms with Gasteiger partial charge in [0.25, 0.3) is 0 Å². The van der Waals surface area contributed by atoms with Crippen LogP contribution in [0.5, 0.6) is 0 Å². The van der Waals surface area contributed by atoms with Crippen LogP contribution in [-0.2, 0) is 10.0 Å². The Kier molecular flexibility index (Phi) is 5.21. The third-order valence-electron chi connectivity index (χ3n) is 4.50. The minimum Gasteiger partial charge on any atom is -0.381 e. The normalized spacial score (nSPS) is 21.4. The SMILES string of the molecule is Cc1cccc(N[C@@H]2CCCC[C@@H]2NS(=O)(=O)c2ccccc2)c1. The van der Waals surface area contributed by atoms with Crippen molar-refractivity contribution in [2.45, 2.75) is 49.6 Å². The number of benzene rings is 2. The van der Waals surface area contributed by atoms with Gasteiger partial charge in [-0.1, -0.05) is 43.2 Å². The quantitative estimate of drug-likeness (QED) is 0.869. The second-order valence-electron chi connectivity index (χ2n) is 6.45. The molecule has 0 radical (unpaired) electrons. The summed E-state index contributed by atoms with van der Waals surface area (Å²) in [5, 5.41) is 3.52.